The number of nitrogens with one attached hydrogen (secondary N) is 1. The van der Waals surface area contributed by atoms with Gasteiger partial charge in [0.2, 0.25) is 0 Å². The topological polar surface area (TPSA) is 67.8 Å². The van der Waals surface area contributed by atoms with E-state index in [1.165, 1.54) is 12.1 Å². The van der Waals surface area contributed by atoms with Gasteiger partial charge in [-0.3, -0.25) is 9.78 Å². The molecular weight excluding hydrogens is 408 g/mol. The van der Waals surface area contributed by atoms with Crippen molar-refractivity contribution >= 4 is 46.4 Å². The van der Waals surface area contributed by atoms with Crippen LogP contribution in [0, 0.1) is 0 Å². The zero-order chi connectivity index (χ0) is 18.1. The quantitative estimate of drug-likeness (QED) is 0.650. The van der Waals surface area contributed by atoms with Gasteiger partial charge in [0, 0.05) is 20.6 Å². The fraction of sp³-hybridized carbons (Fsp3) is 0.0625. The maximum atomic E-state index is 11.9. The second-order valence-corrected chi connectivity index (χ2v) is 6.78. The molecule has 0 fully saturated rings. The van der Waals surface area contributed by atoms with Crippen molar-refractivity contribution in [2.45, 2.75) is 5.38 Å². The average molecular weight is 417 g/mol. The van der Waals surface area contributed by atoms with E-state index >= 15 is 0 Å². The number of halogens is 4. The van der Waals surface area contributed by atoms with Crippen molar-refractivity contribution in [1.29, 1.82) is 0 Å². The first-order valence-corrected chi connectivity index (χ1v) is 8.51. The Kier molecular flexibility index (Phi) is 5.20. The summed E-state index contributed by atoms with van der Waals surface area (Å²) in [6.45, 7) is 0. The van der Waals surface area contributed by atoms with Crippen molar-refractivity contribution in [2.75, 3.05) is 0 Å². The van der Waals surface area contributed by atoms with Crippen molar-refractivity contribution in [3.63, 3.8) is 0 Å². The zero-order valence-corrected chi connectivity index (χ0v) is 15.4. The number of rotatable bonds is 3. The van der Waals surface area contributed by atoms with E-state index in [9.17, 15) is 9.59 Å². The third-order valence-corrected chi connectivity index (χ3v) is 4.79. The molecule has 0 aliphatic carbocycles. The van der Waals surface area contributed by atoms with Gasteiger partial charge >= 0.3 is 5.69 Å². The van der Waals surface area contributed by atoms with Crippen LogP contribution in [-0.4, -0.2) is 14.8 Å². The van der Waals surface area contributed by atoms with Gasteiger partial charge in [0.15, 0.2) is 0 Å². The van der Waals surface area contributed by atoms with Gasteiger partial charge in [-0.1, -0.05) is 46.9 Å². The molecule has 0 saturated heterocycles. The Morgan fingerprint density at radius 3 is 2.16 bits per heavy atom. The second kappa shape index (κ2) is 7.22. The first kappa shape index (κ1) is 18.0. The number of benzene rings is 2. The first-order valence-electron chi connectivity index (χ1n) is 6.94. The van der Waals surface area contributed by atoms with Crippen LogP contribution < -0.4 is 11.2 Å². The predicted molar refractivity (Wildman–Crippen MR) is 99.6 cm³/mol. The van der Waals surface area contributed by atoms with E-state index in [0.29, 0.717) is 16.3 Å². The molecule has 1 unspecified atom stereocenters. The molecule has 25 heavy (non-hydrogen) atoms. The van der Waals surface area contributed by atoms with Gasteiger partial charge in [0.25, 0.3) is 5.56 Å². The molecule has 1 heterocycles. The highest BCUT2D eigenvalue weighted by atomic mass is 35.5. The Hall–Kier alpha value is -1.79. The van der Waals surface area contributed by atoms with Crippen LogP contribution in [0.1, 0.15) is 16.5 Å². The molecule has 0 aliphatic heterocycles. The van der Waals surface area contributed by atoms with Crippen molar-refractivity contribution < 1.29 is 0 Å². The Labute approximate surface area is 161 Å². The van der Waals surface area contributed by atoms with Crippen LogP contribution in [0.15, 0.2) is 52.2 Å². The molecule has 1 aromatic heterocycles. The van der Waals surface area contributed by atoms with Crippen LogP contribution in [0.2, 0.25) is 15.1 Å². The highest BCUT2D eigenvalue weighted by Gasteiger charge is 2.20. The molecular formula is C16H9Cl4N3O2. The molecule has 5 nitrogen and oxygen atoms in total. The van der Waals surface area contributed by atoms with E-state index in [4.69, 9.17) is 46.4 Å². The van der Waals surface area contributed by atoms with Crippen molar-refractivity contribution in [2.24, 2.45) is 0 Å². The van der Waals surface area contributed by atoms with Crippen LogP contribution in [0.4, 0.5) is 0 Å². The van der Waals surface area contributed by atoms with Crippen LogP contribution in [0.5, 0.6) is 0 Å². The number of nitrogens with zero attached hydrogens (tertiary/aromatic N) is 2. The Morgan fingerprint density at radius 2 is 1.60 bits per heavy atom. The van der Waals surface area contributed by atoms with E-state index in [-0.39, 0.29) is 10.0 Å². The van der Waals surface area contributed by atoms with Gasteiger partial charge in [-0.2, -0.15) is 9.78 Å². The third-order valence-electron chi connectivity index (χ3n) is 3.44. The van der Waals surface area contributed by atoms with Gasteiger partial charge in [-0.05, 0) is 29.8 Å². The van der Waals surface area contributed by atoms with E-state index in [1.807, 2.05) is 0 Å². The molecule has 3 rings (SSSR count). The van der Waals surface area contributed by atoms with Gasteiger partial charge in [-0.15, -0.1) is 11.6 Å². The van der Waals surface area contributed by atoms with Gasteiger partial charge in [0.05, 0.1) is 11.1 Å². The Bertz CT molecular complexity index is 1020. The van der Waals surface area contributed by atoms with Crippen LogP contribution in [-0.2, 0) is 0 Å². The number of hydrogen-bond acceptors (Lipinski definition) is 3. The van der Waals surface area contributed by atoms with Crippen molar-refractivity contribution in [3.05, 3.63) is 89.6 Å². The minimum absolute atomic E-state index is 0.261. The molecule has 0 spiro atoms. The number of aromatic amines is 1. The number of H-pyrrole nitrogens is 1. The van der Waals surface area contributed by atoms with E-state index < -0.39 is 16.6 Å². The van der Waals surface area contributed by atoms with Crippen LogP contribution >= 0.6 is 46.4 Å². The normalized spacial score (nSPS) is 12.2. The predicted octanol–water partition coefficient (Wildman–Crippen LogP) is 4.21. The van der Waals surface area contributed by atoms with Crippen LogP contribution in [0.25, 0.3) is 5.69 Å². The SMILES string of the molecule is O=c1cnn(-c2cc(Cl)c(C(Cl)c3ccc(Cl)cc3)c(Cl)c2)c(=O)[nH]1. The lowest BCUT2D eigenvalue weighted by molar-refractivity contribution is 0.749. The minimum Gasteiger partial charge on any atom is -0.271 e. The zero-order valence-electron chi connectivity index (χ0n) is 12.3. The lowest BCUT2D eigenvalue weighted by Gasteiger charge is -2.16. The molecule has 1 N–H and O–H groups in total. The summed E-state index contributed by atoms with van der Waals surface area (Å²) >= 11 is 25.0. The minimum atomic E-state index is -0.701. The summed E-state index contributed by atoms with van der Waals surface area (Å²) in [4.78, 5) is 25.1. The molecule has 0 radical (unpaired) electrons. The Balaban J connectivity index is 2.07. The third kappa shape index (κ3) is 3.75. The van der Waals surface area contributed by atoms with Gasteiger partial charge in [0.1, 0.15) is 6.20 Å². The molecule has 3 aromatic rings. The summed E-state index contributed by atoms with van der Waals surface area (Å²) in [7, 11) is 0. The fourth-order valence-corrected chi connectivity index (χ4v) is 3.58. The highest BCUT2D eigenvalue weighted by molar-refractivity contribution is 6.38. The maximum absolute atomic E-state index is 11.9. The molecule has 0 aliphatic rings. The molecule has 128 valence electrons. The smallest absolute Gasteiger partial charge is 0.271 e. The molecule has 0 bridgehead atoms. The summed E-state index contributed by atoms with van der Waals surface area (Å²) < 4.78 is 0.981. The van der Waals surface area contributed by atoms with E-state index in [2.05, 4.69) is 10.1 Å². The van der Waals surface area contributed by atoms with Crippen LogP contribution in [0.3, 0.4) is 0 Å². The number of aromatic nitrogens is 3. The first-order chi connectivity index (χ1) is 11.9. The lowest BCUT2D eigenvalue weighted by atomic mass is 10.0. The van der Waals surface area contributed by atoms with Crippen molar-refractivity contribution in [1.82, 2.24) is 14.8 Å². The molecule has 9 heteroatoms. The highest BCUT2D eigenvalue weighted by Crippen LogP contribution is 2.39. The average Bonchev–Trinajstić information content (AvgIpc) is 2.54. The van der Waals surface area contributed by atoms with Gasteiger partial charge in [-0.25, -0.2) is 4.79 Å². The summed E-state index contributed by atoms with van der Waals surface area (Å²) in [5, 5.41) is 4.27. The standard InChI is InChI=1S/C16H9Cl4N3O2/c17-9-3-1-8(2-4-9)15(20)14-11(18)5-10(6-12(14)19)23-16(25)22-13(24)7-21-23/h1-7,15H,(H,22,24,25). The van der Waals surface area contributed by atoms with E-state index in [1.54, 1.807) is 24.3 Å². The summed E-state index contributed by atoms with van der Waals surface area (Å²) in [6, 6.07) is 9.98. The van der Waals surface area contributed by atoms with Gasteiger partial charge < -0.3 is 0 Å². The summed E-state index contributed by atoms with van der Waals surface area (Å²) in [6.07, 6.45) is 0.981. The largest absolute Gasteiger partial charge is 0.349 e. The van der Waals surface area contributed by atoms with E-state index in [0.717, 1.165) is 16.4 Å². The molecule has 0 saturated carbocycles. The maximum Gasteiger partial charge on any atom is 0.349 e. The monoisotopic (exact) mass is 415 g/mol. The number of alkyl halides is 1. The Morgan fingerprint density at radius 1 is 1.00 bits per heavy atom. The fourth-order valence-electron chi connectivity index (χ4n) is 2.27. The summed E-state index contributed by atoms with van der Waals surface area (Å²) in [5.74, 6) is 0. The summed E-state index contributed by atoms with van der Waals surface area (Å²) in [5.41, 5.74) is 0.265. The van der Waals surface area contributed by atoms with Crippen molar-refractivity contribution in [3.8, 4) is 5.69 Å². The number of hydrogen-bond donors (Lipinski definition) is 1. The second-order valence-electron chi connectivity index (χ2n) is 5.09. The molecule has 2 aromatic carbocycles. The lowest BCUT2D eigenvalue weighted by Crippen LogP contribution is -2.30. The molecule has 1 atom stereocenters. The molecule has 0 amide bonds.